The first-order chi connectivity index (χ1) is 11.8. The Balaban J connectivity index is 1.96. The SMILES string of the molecule is CN=C(NCc1cccc(C)c1)NCc1ccc(S(C)(=O)=O)c(C)c1. The predicted octanol–water partition coefficient (Wildman–Crippen LogP) is 2.57. The molecule has 0 unspecified atom stereocenters. The normalized spacial score (nSPS) is 12.1. The summed E-state index contributed by atoms with van der Waals surface area (Å²) in [5.74, 6) is 0.700. The molecular weight excluding hydrogens is 334 g/mol. The Bertz CT molecular complexity index is 874. The number of nitrogens with one attached hydrogen (secondary N) is 2. The highest BCUT2D eigenvalue weighted by atomic mass is 32.2. The molecule has 2 aromatic rings. The lowest BCUT2D eigenvalue weighted by Gasteiger charge is -2.13. The molecule has 0 fully saturated rings. The lowest BCUT2D eigenvalue weighted by atomic mass is 10.1. The number of hydrogen-bond donors (Lipinski definition) is 2. The minimum atomic E-state index is -3.19. The standard InChI is InChI=1S/C19H25N3O2S/c1-14-6-5-7-16(10-14)12-21-19(20-3)22-13-17-8-9-18(15(2)11-17)25(4,23)24/h5-11H,12-13H2,1-4H3,(H2,20,21,22). The topological polar surface area (TPSA) is 70.6 Å². The first-order valence-corrected chi connectivity index (χ1v) is 9.98. The molecule has 0 aliphatic rings. The molecule has 2 rings (SSSR count). The van der Waals surface area contributed by atoms with E-state index >= 15 is 0 Å². The fourth-order valence-electron chi connectivity index (χ4n) is 2.65. The summed E-state index contributed by atoms with van der Waals surface area (Å²) in [5, 5.41) is 6.52. The minimum Gasteiger partial charge on any atom is -0.352 e. The van der Waals surface area contributed by atoms with Crippen molar-refractivity contribution in [2.24, 2.45) is 4.99 Å². The van der Waals surface area contributed by atoms with Crippen LogP contribution in [0.3, 0.4) is 0 Å². The van der Waals surface area contributed by atoms with Crippen LogP contribution in [-0.2, 0) is 22.9 Å². The predicted molar refractivity (Wildman–Crippen MR) is 103 cm³/mol. The summed E-state index contributed by atoms with van der Waals surface area (Å²) in [6.45, 7) is 5.13. The average molecular weight is 359 g/mol. The molecule has 0 radical (unpaired) electrons. The molecular formula is C19H25N3O2S. The summed E-state index contributed by atoms with van der Waals surface area (Å²) in [4.78, 5) is 4.59. The van der Waals surface area contributed by atoms with E-state index in [1.807, 2.05) is 25.1 Å². The van der Waals surface area contributed by atoms with Gasteiger partial charge in [-0.25, -0.2) is 8.42 Å². The first-order valence-electron chi connectivity index (χ1n) is 8.09. The van der Waals surface area contributed by atoms with Crippen molar-refractivity contribution in [1.82, 2.24) is 10.6 Å². The largest absolute Gasteiger partial charge is 0.352 e. The maximum absolute atomic E-state index is 11.7. The van der Waals surface area contributed by atoms with Gasteiger partial charge in [-0.3, -0.25) is 4.99 Å². The molecule has 134 valence electrons. The van der Waals surface area contributed by atoms with Gasteiger partial charge < -0.3 is 10.6 Å². The van der Waals surface area contributed by atoms with Gasteiger partial charge in [-0.2, -0.15) is 0 Å². The van der Waals surface area contributed by atoms with Crippen LogP contribution in [0, 0.1) is 13.8 Å². The molecule has 0 heterocycles. The van der Waals surface area contributed by atoms with E-state index in [1.165, 1.54) is 17.4 Å². The lowest BCUT2D eigenvalue weighted by Crippen LogP contribution is -2.36. The van der Waals surface area contributed by atoms with E-state index in [4.69, 9.17) is 0 Å². The number of aliphatic imine (C=N–C) groups is 1. The lowest BCUT2D eigenvalue weighted by molar-refractivity contribution is 0.601. The summed E-state index contributed by atoms with van der Waals surface area (Å²) in [6.07, 6.45) is 1.23. The van der Waals surface area contributed by atoms with Crippen molar-refractivity contribution >= 4 is 15.8 Å². The zero-order valence-corrected chi connectivity index (χ0v) is 15.9. The van der Waals surface area contributed by atoms with Crippen LogP contribution in [0.25, 0.3) is 0 Å². The maximum atomic E-state index is 11.7. The van der Waals surface area contributed by atoms with Gasteiger partial charge in [-0.1, -0.05) is 42.0 Å². The van der Waals surface area contributed by atoms with Gasteiger partial charge in [0.1, 0.15) is 0 Å². The molecule has 0 bridgehead atoms. The minimum absolute atomic E-state index is 0.373. The van der Waals surface area contributed by atoms with Crippen LogP contribution >= 0.6 is 0 Å². The van der Waals surface area contributed by atoms with E-state index < -0.39 is 9.84 Å². The fraction of sp³-hybridized carbons (Fsp3) is 0.316. The van der Waals surface area contributed by atoms with Gasteiger partial charge >= 0.3 is 0 Å². The summed E-state index contributed by atoms with van der Waals surface area (Å²) in [5.41, 5.74) is 4.17. The van der Waals surface area contributed by atoms with Crippen LogP contribution in [0.1, 0.15) is 22.3 Å². The number of nitrogens with zero attached hydrogens (tertiary/aromatic N) is 1. The summed E-state index contributed by atoms with van der Waals surface area (Å²) < 4.78 is 23.4. The van der Waals surface area contributed by atoms with Gasteiger partial charge in [0.2, 0.25) is 0 Å². The molecule has 0 saturated heterocycles. The maximum Gasteiger partial charge on any atom is 0.191 e. The number of aryl methyl sites for hydroxylation is 2. The second kappa shape index (κ2) is 8.16. The van der Waals surface area contributed by atoms with Gasteiger partial charge in [0, 0.05) is 26.4 Å². The Morgan fingerprint density at radius 2 is 1.64 bits per heavy atom. The second-order valence-electron chi connectivity index (χ2n) is 6.14. The Morgan fingerprint density at radius 3 is 2.16 bits per heavy atom. The van der Waals surface area contributed by atoms with Gasteiger partial charge in [0.15, 0.2) is 15.8 Å². The zero-order chi connectivity index (χ0) is 18.4. The number of sulfone groups is 1. The Morgan fingerprint density at radius 1 is 1.00 bits per heavy atom. The molecule has 0 amide bonds. The van der Waals surface area contributed by atoms with Crippen molar-refractivity contribution in [2.75, 3.05) is 13.3 Å². The number of guanidine groups is 1. The highest BCUT2D eigenvalue weighted by Crippen LogP contribution is 2.16. The first kappa shape index (κ1) is 19.0. The van der Waals surface area contributed by atoms with Crippen LogP contribution < -0.4 is 10.6 Å². The number of hydrogen-bond acceptors (Lipinski definition) is 3. The van der Waals surface area contributed by atoms with Crippen LogP contribution in [0.5, 0.6) is 0 Å². The fourth-order valence-corrected chi connectivity index (χ4v) is 3.61. The van der Waals surface area contributed by atoms with Gasteiger partial charge in [0.05, 0.1) is 4.90 Å². The zero-order valence-electron chi connectivity index (χ0n) is 15.1. The van der Waals surface area contributed by atoms with E-state index in [9.17, 15) is 8.42 Å². The van der Waals surface area contributed by atoms with Crippen LogP contribution in [0.15, 0.2) is 52.4 Å². The van der Waals surface area contributed by atoms with Crippen molar-refractivity contribution in [3.63, 3.8) is 0 Å². The molecule has 25 heavy (non-hydrogen) atoms. The van der Waals surface area contributed by atoms with Crippen LogP contribution in [-0.4, -0.2) is 27.7 Å². The molecule has 0 aromatic heterocycles. The number of rotatable bonds is 5. The van der Waals surface area contributed by atoms with Crippen molar-refractivity contribution in [2.45, 2.75) is 31.8 Å². The average Bonchev–Trinajstić information content (AvgIpc) is 2.54. The Labute approximate surface area is 150 Å². The summed E-state index contributed by atoms with van der Waals surface area (Å²) in [6, 6.07) is 13.7. The van der Waals surface area contributed by atoms with Crippen molar-refractivity contribution < 1.29 is 8.42 Å². The molecule has 0 aliphatic carbocycles. The summed E-state index contributed by atoms with van der Waals surface area (Å²) >= 11 is 0. The highest BCUT2D eigenvalue weighted by molar-refractivity contribution is 7.90. The van der Waals surface area contributed by atoms with E-state index in [1.54, 1.807) is 13.1 Å². The molecule has 0 saturated carbocycles. The van der Waals surface area contributed by atoms with Gasteiger partial charge in [0.25, 0.3) is 0 Å². The molecule has 5 nitrogen and oxygen atoms in total. The number of benzene rings is 2. The molecule has 2 N–H and O–H groups in total. The highest BCUT2D eigenvalue weighted by Gasteiger charge is 2.10. The van der Waals surface area contributed by atoms with E-state index in [2.05, 4.69) is 40.7 Å². The van der Waals surface area contributed by atoms with Crippen molar-refractivity contribution in [3.8, 4) is 0 Å². The summed E-state index contributed by atoms with van der Waals surface area (Å²) in [7, 11) is -1.46. The van der Waals surface area contributed by atoms with Crippen LogP contribution in [0.4, 0.5) is 0 Å². The van der Waals surface area contributed by atoms with Gasteiger partial charge in [-0.15, -0.1) is 0 Å². The van der Waals surface area contributed by atoms with E-state index in [-0.39, 0.29) is 0 Å². The van der Waals surface area contributed by atoms with Crippen LogP contribution in [0.2, 0.25) is 0 Å². The molecule has 0 aliphatic heterocycles. The molecule has 0 atom stereocenters. The quantitative estimate of drug-likeness (QED) is 0.636. The molecule has 2 aromatic carbocycles. The van der Waals surface area contributed by atoms with Crippen molar-refractivity contribution in [1.29, 1.82) is 0 Å². The Kier molecular flexibility index (Phi) is 6.20. The van der Waals surface area contributed by atoms with E-state index in [0.29, 0.717) is 23.9 Å². The molecule has 0 spiro atoms. The van der Waals surface area contributed by atoms with Gasteiger partial charge in [-0.05, 0) is 36.6 Å². The third-order valence-corrected chi connectivity index (χ3v) is 5.12. The smallest absolute Gasteiger partial charge is 0.191 e. The van der Waals surface area contributed by atoms with E-state index in [0.717, 1.165) is 11.1 Å². The third kappa shape index (κ3) is 5.60. The van der Waals surface area contributed by atoms with Crippen molar-refractivity contribution in [3.05, 3.63) is 64.7 Å². The second-order valence-corrected chi connectivity index (χ2v) is 8.12. The molecule has 6 heteroatoms. The Hall–Kier alpha value is -2.34. The monoisotopic (exact) mass is 359 g/mol. The third-order valence-electron chi connectivity index (χ3n) is 3.86.